The van der Waals surface area contributed by atoms with Crippen molar-refractivity contribution in [2.75, 3.05) is 11.9 Å². The van der Waals surface area contributed by atoms with Gasteiger partial charge >= 0.3 is 6.03 Å². The molecule has 1 aliphatic rings. The van der Waals surface area contributed by atoms with Gasteiger partial charge in [-0.2, -0.15) is 5.10 Å². The van der Waals surface area contributed by atoms with E-state index in [4.69, 9.17) is 4.74 Å². The number of carbonyl (C=O) groups is 1. The molecular weight excluding hydrogens is 342 g/mol. The van der Waals surface area contributed by atoms with E-state index in [1.165, 1.54) is 18.2 Å². The Morgan fingerprint density at radius 2 is 2.12 bits per heavy atom. The van der Waals surface area contributed by atoms with Crippen molar-refractivity contribution in [1.29, 1.82) is 0 Å². The number of hydrogen-bond donors (Lipinski definition) is 2. The van der Waals surface area contributed by atoms with Crippen molar-refractivity contribution in [3.8, 4) is 0 Å². The van der Waals surface area contributed by atoms with Crippen LogP contribution < -0.4 is 10.6 Å². The maximum absolute atomic E-state index is 13.7. The maximum Gasteiger partial charge on any atom is 0.319 e. The second-order valence-corrected chi connectivity index (χ2v) is 6.56. The Morgan fingerprint density at radius 1 is 1.38 bits per heavy atom. The first-order chi connectivity index (χ1) is 12.3. The van der Waals surface area contributed by atoms with E-state index < -0.39 is 12.0 Å². The first-order valence-corrected chi connectivity index (χ1v) is 8.42. The molecule has 2 N–H and O–H groups in total. The number of nitrogens with zero attached hydrogens (tertiary/aromatic N) is 2. The molecule has 1 fully saturated rings. The average Bonchev–Trinajstić information content (AvgIpc) is 3.12. The van der Waals surface area contributed by atoms with Crippen molar-refractivity contribution in [2.45, 2.75) is 38.3 Å². The van der Waals surface area contributed by atoms with Crippen LogP contribution >= 0.6 is 0 Å². The quantitative estimate of drug-likeness (QED) is 0.873. The number of para-hydroxylation sites is 1. The number of aromatic nitrogens is 2. The van der Waals surface area contributed by atoms with Crippen LogP contribution in [0.1, 0.15) is 36.3 Å². The van der Waals surface area contributed by atoms with E-state index >= 15 is 0 Å². The minimum Gasteiger partial charge on any atom is -0.371 e. The van der Waals surface area contributed by atoms with Crippen molar-refractivity contribution >= 4 is 11.7 Å². The molecule has 0 aliphatic carbocycles. The largest absolute Gasteiger partial charge is 0.371 e. The molecule has 1 aromatic heterocycles. The number of ether oxygens (including phenoxy) is 1. The number of carbonyl (C=O) groups excluding carboxylic acids is 1. The van der Waals surface area contributed by atoms with Crippen LogP contribution in [-0.4, -0.2) is 28.5 Å². The second-order valence-electron chi connectivity index (χ2n) is 6.56. The summed E-state index contributed by atoms with van der Waals surface area (Å²) in [5.41, 5.74) is 1.61. The zero-order chi connectivity index (χ0) is 18.9. The zero-order valence-electron chi connectivity index (χ0n) is 14.9. The highest BCUT2D eigenvalue weighted by Gasteiger charge is 2.34. The van der Waals surface area contributed by atoms with Gasteiger partial charge in [0.2, 0.25) is 0 Å². The molecule has 0 spiro atoms. The predicted octanol–water partition coefficient (Wildman–Crippen LogP) is 3.49. The van der Waals surface area contributed by atoms with Crippen molar-refractivity contribution in [2.24, 2.45) is 7.05 Å². The number of anilines is 1. The number of rotatable bonds is 4. The van der Waals surface area contributed by atoms with Gasteiger partial charge < -0.3 is 15.4 Å². The lowest BCUT2D eigenvalue weighted by Gasteiger charge is -2.21. The maximum atomic E-state index is 13.7. The Bertz CT molecular complexity index is 801. The van der Waals surface area contributed by atoms with Gasteiger partial charge in [0.05, 0.1) is 17.4 Å². The molecule has 1 aliphatic heterocycles. The van der Waals surface area contributed by atoms with E-state index in [0.29, 0.717) is 13.0 Å². The van der Waals surface area contributed by atoms with Gasteiger partial charge in [0.15, 0.2) is 0 Å². The Kier molecular flexibility index (Phi) is 4.95. The van der Waals surface area contributed by atoms with Crippen LogP contribution in [0, 0.1) is 6.92 Å². The highest BCUT2D eigenvalue weighted by Crippen LogP contribution is 2.33. The summed E-state index contributed by atoms with van der Waals surface area (Å²) in [6.07, 6.45) is 2.19. The topological polar surface area (TPSA) is 68.2 Å². The van der Waals surface area contributed by atoms with Crippen LogP contribution in [0.4, 0.5) is 19.3 Å². The van der Waals surface area contributed by atoms with Crippen LogP contribution in [0.2, 0.25) is 0 Å². The van der Waals surface area contributed by atoms with Crippen LogP contribution in [0.3, 0.4) is 0 Å². The minimum absolute atomic E-state index is 0.0884. The van der Waals surface area contributed by atoms with E-state index in [1.54, 1.807) is 10.7 Å². The molecule has 1 aromatic carbocycles. The molecule has 2 atom stereocenters. The van der Waals surface area contributed by atoms with E-state index in [0.717, 1.165) is 18.2 Å². The first kappa shape index (κ1) is 18.3. The number of halogens is 2. The summed E-state index contributed by atoms with van der Waals surface area (Å²) in [5, 5.41) is 9.66. The van der Waals surface area contributed by atoms with Crippen LogP contribution in [-0.2, 0) is 17.7 Å². The Hall–Kier alpha value is -2.48. The number of nitrogens with one attached hydrogen (secondary N) is 2. The first-order valence-electron chi connectivity index (χ1n) is 8.42. The summed E-state index contributed by atoms with van der Waals surface area (Å²) < 4.78 is 34.9. The molecule has 0 unspecified atom stereocenters. The van der Waals surface area contributed by atoms with Gasteiger partial charge in [-0.3, -0.25) is 4.68 Å². The van der Waals surface area contributed by atoms with Gasteiger partial charge in [-0.25, -0.2) is 13.6 Å². The third kappa shape index (κ3) is 3.85. The number of urea groups is 1. The highest BCUT2D eigenvalue weighted by atomic mass is 19.3. The summed E-state index contributed by atoms with van der Waals surface area (Å²) in [5.74, 6) is -3.05. The van der Waals surface area contributed by atoms with Gasteiger partial charge in [0.25, 0.3) is 5.92 Å². The third-order valence-electron chi connectivity index (χ3n) is 4.41. The van der Waals surface area contributed by atoms with Gasteiger partial charge in [-0.1, -0.05) is 18.2 Å². The van der Waals surface area contributed by atoms with Gasteiger partial charge in [-0.15, -0.1) is 0 Å². The monoisotopic (exact) mass is 364 g/mol. The lowest BCUT2D eigenvalue weighted by molar-refractivity contribution is 0.0183. The number of amides is 2. The van der Waals surface area contributed by atoms with Crippen LogP contribution in [0.5, 0.6) is 0 Å². The third-order valence-corrected chi connectivity index (χ3v) is 4.41. The smallest absolute Gasteiger partial charge is 0.319 e. The molecular formula is C18H22F2N4O2. The number of benzene rings is 1. The van der Waals surface area contributed by atoms with Crippen molar-refractivity contribution < 1.29 is 18.3 Å². The number of hydrogen-bond acceptors (Lipinski definition) is 3. The standard InChI is InChI=1S/C18H22F2N4O2/c1-11-12(10-24(3)23-11)16-15(8-9-26-16)22-17(25)21-14-7-5-4-6-13(14)18(2,19)20/h4-7,10,15-16H,8-9H2,1-3H3,(H2,21,22,25)/t15-,16+/m1/s1. The Labute approximate surface area is 150 Å². The molecule has 2 aromatic rings. The summed E-state index contributed by atoms with van der Waals surface area (Å²) >= 11 is 0. The van der Waals surface area contributed by atoms with Crippen LogP contribution in [0.15, 0.2) is 30.5 Å². The summed E-state index contributed by atoms with van der Waals surface area (Å²) in [6.45, 7) is 3.19. The minimum atomic E-state index is -3.05. The predicted molar refractivity (Wildman–Crippen MR) is 93.2 cm³/mol. The fourth-order valence-corrected chi connectivity index (χ4v) is 3.24. The van der Waals surface area contributed by atoms with E-state index in [-0.39, 0.29) is 23.4 Å². The summed E-state index contributed by atoms with van der Waals surface area (Å²) in [7, 11) is 1.82. The molecule has 0 saturated carbocycles. The fraction of sp³-hybridized carbons (Fsp3) is 0.444. The van der Waals surface area contributed by atoms with E-state index in [9.17, 15) is 13.6 Å². The van der Waals surface area contributed by atoms with E-state index in [1.807, 2.05) is 20.2 Å². The molecule has 0 bridgehead atoms. The molecule has 8 heteroatoms. The summed E-state index contributed by atoms with van der Waals surface area (Å²) in [4.78, 5) is 12.4. The molecule has 6 nitrogen and oxygen atoms in total. The molecule has 2 amide bonds. The van der Waals surface area contributed by atoms with Crippen molar-refractivity contribution in [3.05, 3.63) is 47.3 Å². The molecule has 2 heterocycles. The second kappa shape index (κ2) is 7.03. The average molecular weight is 364 g/mol. The molecule has 140 valence electrons. The zero-order valence-corrected chi connectivity index (χ0v) is 14.9. The lowest BCUT2D eigenvalue weighted by atomic mass is 10.0. The Balaban J connectivity index is 1.71. The molecule has 26 heavy (non-hydrogen) atoms. The fourth-order valence-electron chi connectivity index (χ4n) is 3.24. The number of aryl methyl sites for hydroxylation is 2. The molecule has 1 saturated heterocycles. The number of alkyl halides is 2. The normalized spacial score (nSPS) is 20.2. The van der Waals surface area contributed by atoms with Crippen molar-refractivity contribution in [3.63, 3.8) is 0 Å². The lowest BCUT2D eigenvalue weighted by Crippen LogP contribution is -2.40. The van der Waals surface area contributed by atoms with E-state index in [2.05, 4.69) is 15.7 Å². The Morgan fingerprint density at radius 3 is 2.77 bits per heavy atom. The van der Waals surface area contributed by atoms with Gasteiger partial charge in [-0.05, 0) is 19.4 Å². The van der Waals surface area contributed by atoms with Gasteiger partial charge in [0.1, 0.15) is 6.10 Å². The highest BCUT2D eigenvalue weighted by molar-refractivity contribution is 5.90. The van der Waals surface area contributed by atoms with Crippen molar-refractivity contribution in [1.82, 2.24) is 15.1 Å². The molecule has 3 rings (SSSR count). The summed E-state index contributed by atoms with van der Waals surface area (Å²) in [6, 6.07) is 5.08. The molecule has 0 radical (unpaired) electrons. The SMILES string of the molecule is Cc1nn(C)cc1[C@@H]1OCC[C@H]1NC(=O)Nc1ccccc1C(C)(F)F. The van der Waals surface area contributed by atoms with Gasteiger partial charge in [0, 0.05) is 37.9 Å². The van der Waals surface area contributed by atoms with Crippen LogP contribution in [0.25, 0.3) is 0 Å².